The summed E-state index contributed by atoms with van der Waals surface area (Å²) in [5.74, 6) is 0. The highest BCUT2D eigenvalue weighted by Gasteiger charge is 2.35. The lowest BCUT2D eigenvalue weighted by Gasteiger charge is -2.27. The highest BCUT2D eigenvalue weighted by atomic mass is 32.1. The molecule has 0 atom stereocenters. The van der Waals surface area contributed by atoms with Crippen molar-refractivity contribution in [2.45, 2.75) is 6.92 Å². The number of rotatable bonds is 5. The van der Waals surface area contributed by atoms with Gasteiger partial charge in [-0.3, -0.25) is 0 Å². The smallest absolute Gasteiger partial charge is 0.237 e. The highest BCUT2D eigenvalue weighted by molar-refractivity contribution is 7.26. The van der Waals surface area contributed by atoms with Crippen molar-refractivity contribution in [3.05, 3.63) is 259 Å². The molecule has 0 spiro atoms. The standard InChI is InChI=1S/C73H42N6S/c1-43-35-36-44-19-3-4-20-46(44)66(43)45-37-40-64-56(41-45)54-38-39-55-53-27-11-18-34-65(53)80-73(55)70(54)79(64)72-69(77-60-30-14-7-23-49(60)50-24-8-15-31-61(50)77)57(42-74)68(76-58-28-12-5-21-47(58)48-22-6-13-29-59(48)76)67(75-2)71(72)78-62-32-16-9-25-51(62)52-26-10-17-33-63(52)78/h3-41H,1H3. The number of aromatic nitrogens is 4. The van der Waals surface area contributed by atoms with Crippen molar-refractivity contribution in [1.29, 1.82) is 5.26 Å². The van der Waals surface area contributed by atoms with Crippen LogP contribution in [-0.4, -0.2) is 18.3 Å². The number of fused-ring (bicyclic) bond motifs is 17. The zero-order chi connectivity index (χ0) is 52.9. The summed E-state index contributed by atoms with van der Waals surface area (Å²) in [5.41, 5.74) is 14.5. The molecular weight excluding hydrogens is 993 g/mol. The van der Waals surface area contributed by atoms with Crippen LogP contribution in [0.5, 0.6) is 0 Å². The Morgan fingerprint density at radius 1 is 0.388 bits per heavy atom. The van der Waals surface area contributed by atoms with Crippen molar-refractivity contribution in [3.8, 4) is 39.9 Å². The summed E-state index contributed by atoms with van der Waals surface area (Å²) >= 11 is 1.80. The third-order valence-electron chi connectivity index (χ3n) is 16.9. The topological polar surface area (TPSA) is 47.9 Å². The molecule has 0 saturated heterocycles. The molecule has 0 aliphatic heterocycles. The van der Waals surface area contributed by atoms with Gasteiger partial charge < -0.3 is 18.3 Å². The fraction of sp³-hybridized carbons (Fsp3) is 0.0137. The van der Waals surface area contributed by atoms with E-state index < -0.39 is 0 Å². The number of thiophene rings is 1. The zero-order valence-electron chi connectivity index (χ0n) is 43.1. The summed E-state index contributed by atoms with van der Waals surface area (Å²) in [6.45, 7) is 12.1. The maximum absolute atomic E-state index is 12.7. The number of hydrogen-bond acceptors (Lipinski definition) is 2. The molecule has 0 aliphatic carbocycles. The van der Waals surface area contributed by atoms with Crippen molar-refractivity contribution < 1.29 is 0 Å². The zero-order valence-corrected chi connectivity index (χ0v) is 43.9. The van der Waals surface area contributed by atoms with Gasteiger partial charge in [0.1, 0.15) is 6.07 Å². The molecule has 17 aromatic rings. The first-order chi connectivity index (χ1) is 39.6. The first-order valence-corrected chi connectivity index (χ1v) is 27.8. The summed E-state index contributed by atoms with van der Waals surface area (Å²) in [4.78, 5) is 4.82. The van der Waals surface area contributed by atoms with E-state index >= 15 is 0 Å². The van der Waals surface area contributed by atoms with Crippen LogP contribution in [0.3, 0.4) is 0 Å². The Morgan fingerprint density at radius 2 is 0.838 bits per heavy atom. The molecule has 80 heavy (non-hydrogen) atoms. The molecule has 12 aromatic carbocycles. The Hall–Kier alpha value is -10.7. The molecule has 0 N–H and O–H groups in total. The van der Waals surface area contributed by atoms with Gasteiger partial charge >= 0.3 is 0 Å². The van der Waals surface area contributed by atoms with Crippen LogP contribution in [0, 0.1) is 24.8 Å². The maximum Gasteiger partial charge on any atom is 0.237 e. The minimum Gasteiger partial charge on any atom is -0.318 e. The summed E-state index contributed by atoms with van der Waals surface area (Å²) in [7, 11) is 0. The second-order valence-electron chi connectivity index (χ2n) is 20.9. The minimum absolute atomic E-state index is 0.362. The van der Waals surface area contributed by atoms with Gasteiger partial charge in [0, 0.05) is 58.6 Å². The summed E-state index contributed by atoms with van der Waals surface area (Å²) < 4.78 is 11.6. The molecule has 0 radical (unpaired) electrons. The van der Waals surface area contributed by atoms with Crippen LogP contribution in [0.15, 0.2) is 237 Å². The summed E-state index contributed by atoms with van der Waals surface area (Å²) in [6, 6.07) is 87.3. The van der Waals surface area contributed by atoms with Crippen molar-refractivity contribution in [2.24, 2.45) is 0 Å². The van der Waals surface area contributed by atoms with E-state index in [0.29, 0.717) is 28.3 Å². The predicted octanol–water partition coefficient (Wildman–Crippen LogP) is 20.0. The lowest BCUT2D eigenvalue weighted by atomic mass is 9.93. The third-order valence-corrected chi connectivity index (χ3v) is 18.1. The van der Waals surface area contributed by atoms with Crippen LogP contribution >= 0.6 is 11.3 Å². The van der Waals surface area contributed by atoms with Gasteiger partial charge in [-0.2, -0.15) is 5.26 Å². The quantitative estimate of drug-likeness (QED) is 0.158. The van der Waals surface area contributed by atoms with Crippen molar-refractivity contribution in [1.82, 2.24) is 18.3 Å². The summed E-state index contributed by atoms with van der Waals surface area (Å²) in [5, 5.41) is 25.9. The molecule has 6 nitrogen and oxygen atoms in total. The van der Waals surface area contributed by atoms with Gasteiger partial charge in [-0.05, 0) is 89.0 Å². The number of para-hydroxylation sites is 6. The van der Waals surface area contributed by atoms with E-state index in [1.165, 1.54) is 32.0 Å². The Labute approximate surface area is 462 Å². The fourth-order valence-electron chi connectivity index (χ4n) is 13.7. The number of nitriles is 1. The van der Waals surface area contributed by atoms with Crippen LogP contribution in [0.2, 0.25) is 0 Å². The van der Waals surface area contributed by atoms with Crippen molar-refractivity contribution in [3.63, 3.8) is 0 Å². The van der Waals surface area contributed by atoms with Gasteiger partial charge in [-0.15, -0.1) is 11.3 Å². The van der Waals surface area contributed by atoms with Gasteiger partial charge in [0.25, 0.3) is 0 Å². The van der Waals surface area contributed by atoms with E-state index in [-0.39, 0.29) is 0 Å². The number of aryl methyl sites for hydroxylation is 1. The minimum atomic E-state index is 0.362. The van der Waals surface area contributed by atoms with Gasteiger partial charge in [0.15, 0.2) is 0 Å². The summed E-state index contributed by atoms with van der Waals surface area (Å²) in [6.07, 6.45) is 0. The molecule has 0 bridgehead atoms. The van der Waals surface area contributed by atoms with E-state index in [2.05, 4.69) is 268 Å². The highest BCUT2D eigenvalue weighted by Crippen LogP contribution is 2.53. The van der Waals surface area contributed by atoms with E-state index in [9.17, 15) is 11.8 Å². The second kappa shape index (κ2) is 16.7. The van der Waals surface area contributed by atoms with Crippen LogP contribution in [0.1, 0.15) is 11.1 Å². The Kier molecular flexibility index (Phi) is 9.25. The van der Waals surface area contributed by atoms with Crippen LogP contribution < -0.4 is 0 Å². The van der Waals surface area contributed by atoms with E-state index in [4.69, 9.17) is 4.85 Å². The number of hydrogen-bond donors (Lipinski definition) is 0. The molecule has 7 heteroatoms. The average molecular weight is 1040 g/mol. The van der Waals surface area contributed by atoms with Crippen molar-refractivity contribution in [2.75, 3.05) is 0 Å². The Balaban J connectivity index is 1.18. The maximum atomic E-state index is 12.7. The average Bonchev–Trinajstić information content (AvgIpc) is 4.15. The van der Waals surface area contributed by atoms with E-state index in [1.807, 2.05) is 0 Å². The molecule has 0 aliphatic rings. The Bertz CT molecular complexity index is 5350. The van der Waals surface area contributed by atoms with Crippen LogP contribution in [0.4, 0.5) is 5.69 Å². The second-order valence-corrected chi connectivity index (χ2v) is 22.0. The normalized spacial score (nSPS) is 12.0. The lowest BCUT2D eigenvalue weighted by molar-refractivity contribution is 1.03. The largest absolute Gasteiger partial charge is 0.318 e. The van der Waals surface area contributed by atoms with Crippen LogP contribution in [-0.2, 0) is 0 Å². The predicted molar refractivity (Wildman–Crippen MR) is 335 cm³/mol. The molecule has 0 amide bonds. The Morgan fingerprint density at radius 3 is 1.38 bits per heavy atom. The molecule has 17 rings (SSSR count). The molecule has 5 aromatic heterocycles. The van der Waals surface area contributed by atoms with Gasteiger partial charge in [0.2, 0.25) is 5.69 Å². The van der Waals surface area contributed by atoms with Gasteiger partial charge in [0.05, 0.1) is 83.7 Å². The lowest BCUT2D eigenvalue weighted by Crippen LogP contribution is -2.14. The molecule has 5 heterocycles. The molecule has 370 valence electrons. The van der Waals surface area contributed by atoms with Crippen LogP contribution in [0.25, 0.3) is 157 Å². The molecule has 0 fully saturated rings. The van der Waals surface area contributed by atoms with Gasteiger partial charge in [-0.1, -0.05) is 182 Å². The first-order valence-electron chi connectivity index (χ1n) is 26.9. The van der Waals surface area contributed by atoms with E-state index in [0.717, 1.165) is 109 Å². The molecule has 0 unspecified atom stereocenters. The molecule has 0 saturated carbocycles. The van der Waals surface area contributed by atoms with Gasteiger partial charge in [-0.25, -0.2) is 4.85 Å². The molecular formula is C73H42N6S. The van der Waals surface area contributed by atoms with Crippen molar-refractivity contribution >= 4 is 135 Å². The first kappa shape index (κ1) is 44.4. The third kappa shape index (κ3) is 5.88. The van der Waals surface area contributed by atoms with E-state index in [1.54, 1.807) is 11.3 Å². The monoisotopic (exact) mass is 1030 g/mol. The number of benzene rings is 12. The fourth-order valence-corrected chi connectivity index (χ4v) is 14.9. The number of nitrogens with zero attached hydrogens (tertiary/aromatic N) is 6. The SMILES string of the molecule is [C-]#[N+]c1c(-n2c3ccccc3c3ccccc32)c(C#N)c(-n2c3ccccc3c3ccccc32)c(-n2c3ccc(-c4c(C)ccc5ccccc45)cc3c3ccc4c5ccccc5sc4c32)c1-n1c2ccccc2c2ccccc21.